The summed E-state index contributed by atoms with van der Waals surface area (Å²) in [5, 5.41) is -0.460. The Balaban J connectivity index is 1.98. The Labute approximate surface area is 152 Å². The summed E-state index contributed by atoms with van der Waals surface area (Å²) in [4.78, 5) is 38.4. The minimum absolute atomic E-state index is 0.256. The number of hydrogen-bond acceptors (Lipinski definition) is 5. The molecule has 0 saturated carbocycles. The molecule has 1 saturated heterocycles. The summed E-state index contributed by atoms with van der Waals surface area (Å²) < 4.78 is 5.96. The molecule has 1 aliphatic rings. The zero-order valence-electron chi connectivity index (χ0n) is 13.4. The summed E-state index contributed by atoms with van der Waals surface area (Å²) in [6.07, 6.45) is 1.64. The molecule has 0 aromatic heterocycles. The Morgan fingerprint density at radius 3 is 2.58 bits per heavy atom. The van der Waals surface area contributed by atoms with Crippen LogP contribution in [-0.4, -0.2) is 55.8 Å². The van der Waals surface area contributed by atoms with Crippen LogP contribution >= 0.6 is 27.7 Å². The van der Waals surface area contributed by atoms with Crippen molar-refractivity contribution in [2.45, 2.75) is 0 Å². The van der Waals surface area contributed by atoms with Crippen LogP contribution in [0.1, 0.15) is 5.56 Å². The SMILES string of the molecule is C[NH+](C)CCOC(=O)CN1C(=O)S/C(=C\c2ccc(Br)cc2)C1=O. The third-order valence-corrected chi connectivity index (χ3v) is 4.63. The fourth-order valence-electron chi connectivity index (χ4n) is 1.89. The summed E-state index contributed by atoms with van der Waals surface area (Å²) in [6.45, 7) is 0.564. The highest BCUT2D eigenvalue weighted by Gasteiger charge is 2.36. The molecule has 0 atom stereocenters. The van der Waals surface area contributed by atoms with E-state index in [1.807, 2.05) is 38.4 Å². The van der Waals surface area contributed by atoms with Crippen LogP contribution in [0.2, 0.25) is 0 Å². The predicted molar refractivity (Wildman–Crippen MR) is 95.5 cm³/mol. The van der Waals surface area contributed by atoms with Crippen LogP contribution in [0.5, 0.6) is 0 Å². The quantitative estimate of drug-likeness (QED) is 0.559. The lowest BCUT2D eigenvalue weighted by Crippen LogP contribution is -3.06. The van der Waals surface area contributed by atoms with Crippen LogP contribution in [0.15, 0.2) is 33.6 Å². The van der Waals surface area contributed by atoms with E-state index in [-0.39, 0.29) is 13.2 Å². The normalized spacial score (nSPS) is 16.3. The van der Waals surface area contributed by atoms with Crippen molar-refractivity contribution >= 4 is 50.9 Å². The zero-order valence-corrected chi connectivity index (χ0v) is 15.8. The van der Waals surface area contributed by atoms with Crippen molar-refractivity contribution in [3.8, 4) is 0 Å². The van der Waals surface area contributed by atoms with Gasteiger partial charge in [-0.15, -0.1) is 0 Å². The highest BCUT2D eigenvalue weighted by molar-refractivity contribution is 9.10. The Hall–Kier alpha value is -1.64. The summed E-state index contributed by atoms with van der Waals surface area (Å²) in [5.41, 5.74) is 0.806. The lowest BCUT2D eigenvalue weighted by atomic mass is 10.2. The molecule has 6 nitrogen and oxygen atoms in total. The lowest BCUT2D eigenvalue weighted by molar-refractivity contribution is -0.858. The van der Waals surface area contributed by atoms with Crippen LogP contribution in [-0.2, 0) is 14.3 Å². The zero-order chi connectivity index (χ0) is 17.7. The monoisotopic (exact) mass is 413 g/mol. The second kappa shape index (κ2) is 8.46. The van der Waals surface area contributed by atoms with Gasteiger partial charge >= 0.3 is 5.97 Å². The van der Waals surface area contributed by atoms with Crippen molar-refractivity contribution in [1.29, 1.82) is 0 Å². The molecule has 0 aliphatic carbocycles. The van der Waals surface area contributed by atoms with Gasteiger partial charge < -0.3 is 9.64 Å². The molecule has 8 heteroatoms. The fraction of sp³-hybridized carbons (Fsp3) is 0.312. The van der Waals surface area contributed by atoms with Gasteiger partial charge in [0.1, 0.15) is 19.7 Å². The summed E-state index contributed by atoms with van der Waals surface area (Å²) in [5.74, 6) is -1.05. The number of thioether (sulfide) groups is 1. The van der Waals surface area contributed by atoms with Gasteiger partial charge in [-0.3, -0.25) is 19.3 Å². The molecular weight excluding hydrogens is 396 g/mol. The number of carbonyl (C=O) groups excluding carboxylic acids is 3. The number of carbonyl (C=O) groups is 3. The molecule has 128 valence electrons. The van der Waals surface area contributed by atoms with E-state index < -0.39 is 17.1 Å². The maximum absolute atomic E-state index is 12.3. The number of benzene rings is 1. The molecule has 1 fully saturated rings. The van der Waals surface area contributed by atoms with Crippen molar-refractivity contribution in [3.63, 3.8) is 0 Å². The van der Waals surface area contributed by atoms with E-state index in [0.717, 1.165) is 31.6 Å². The molecule has 1 aliphatic heterocycles. The average Bonchev–Trinajstić information content (AvgIpc) is 2.77. The summed E-state index contributed by atoms with van der Waals surface area (Å²) in [6, 6.07) is 7.35. The number of ether oxygens (including phenoxy) is 1. The maximum Gasteiger partial charge on any atom is 0.326 e. The first-order valence-electron chi connectivity index (χ1n) is 7.32. The molecule has 1 heterocycles. The van der Waals surface area contributed by atoms with Gasteiger partial charge in [-0.25, -0.2) is 0 Å². The van der Waals surface area contributed by atoms with E-state index in [2.05, 4.69) is 15.9 Å². The number of nitrogens with one attached hydrogen (secondary N) is 1. The number of halogens is 1. The Kier molecular flexibility index (Phi) is 6.59. The lowest BCUT2D eigenvalue weighted by Gasteiger charge is -2.12. The van der Waals surface area contributed by atoms with Gasteiger partial charge in [0.05, 0.1) is 19.0 Å². The minimum Gasteiger partial charge on any atom is -0.458 e. The topological polar surface area (TPSA) is 68.1 Å². The number of rotatable bonds is 6. The summed E-state index contributed by atoms with van der Waals surface area (Å²) >= 11 is 4.16. The van der Waals surface area contributed by atoms with Gasteiger partial charge in [-0.2, -0.15) is 0 Å². The third-order valence-electron chi connectivity index (χ3n) is 3.19. The second-order valence-corrected chi connectivity index (χ2v) is 7.41. The van der Waals surface area contributed by atoms with Gasteiger partial charge in [0.15, 0.2) is 0 Å². The predicted octanol–water partition coefficient (Wildman–Crippen LogP) is 1.17. The van der Waals surface area contributed by atoms with E-state index >= 15 is 0 Å². The van der Waals surface area contributed by atoms with Crippen LogP contribution in [0.25, 0.3) is 6.08 Å². The van der Waals surface area contributed by atoms with Crippen molar-refractivity contribution < 1.29 is 24.0 Å². The number of quaternary nitrogens is 1. The third kappa shape index (κ3) is 5.19. The smallest absolute Gasteiger partial charge is 0.326 e. The maximum atomic E-state index is 12.3. The number of likely N-dealkylation sites (N-methyl/N-ethyl adjacent to an activating group) is 1. The number of esters is 1. The molecule has 1 N–H and O–H groups in total. The fourth-order valence-corrected chi connectivity index (χ4v) is 2.99. The molecule has 0 bridgehead atoms. The number of imide groups is 1. The molecule has 1 aromatic carbocycles. The van der Waals surface area contributed by atoms with Crippen LogP contribution < -0.4 is 4.90 Å². The van der Waals surface area contributed by atoms with Gasteiger partial charge in [0.25, 0.3) is 11.1 Å². The van der Waals surface area contributed by atoms with Crippen molar-refractivity contribution in [3.05, 3.63) is 39.2 Å². The highest BCUT2D eigenvalue weighted by Crippen LogP contribution is 2.32. The molecule has 2 amide bonds. The van der Waals surface area contributed by atoms with Crippen LogP contribution in [0.4, 0.5) is 4.79 Å². The van der Waals surface area contributed by atoms with E-state index in [4.69, 9.17) is 4.74 Å². The average molecular weight is 414 g/mol. The molecule has 0 radical (unpaired) electrons. The second-order valence-electron chi connectivity index (χ2n) is 5.50. The van der Waals surface area contributed by atoms with Crippen LogP contribution in [0, 0.1) is 0 Å². The van der Waals surface area contributed by atoms with Gasteiger partial charge in [0.2, 0.25) is 0 Å². The standard InChI is InChI=1S/C16H17BrN2O4S/c1-18(2)7-8-23-14(20)10-19-15(21)13(24-16(19)22)9-11-3-5-12(17)6-4-11/h3-6,9H,7-8,10H2,1-2H3/p+1/b13-9-. The van der Waals surface area contributed by atoms with E-state index in [9.17, 15) is 14.4 Å². The molecule has 0 spiro atoms. The van der Waals surface area contributed by atoms with Gasteiger partial charge in [0, 0.05) is 4.47 Å². The molecule has 1 aromatic rings. The first-order valence-corrected chi connectivity index (χ1v) is 8.93. The van der Waals surface area contributed by atoms with Gasteiger partial charge in [-0.05, 0) is 35.5 Å². The first-order chi connectivity index (χ1) is 11.4. The van der Waals surface area contributed by atoms with Crippen molar-refractivity contribution in [2.24, 2.45) is 0 Å². The van der Waals surface area contributed by atoms with Gasteiger partial charge in [-0.1, -0.05) is 28.1 Å². The number of hydrogen-bond donors (Lipinski definition) is 1. The molecular formula is C16H18BrN2O4S+. The number of amides is 2. The minimum atomic E-state index is -0.580. The van der Waals surface area contributed by atoms with Crippen molar-refractivity contribution in [2.75, 3.05) is 33.8 Å². The summed E-state index contributed by atoms with van der Waals surface area (Å²) in [7, 11) is 3.88. The Bertz CT molecular complexity index is 673. The van der Waals surface area contributed by atoms with E-state index in [0.29, 0.717) is 11.4 Å². The van der Waals surface area contributed by atoms with Crippen LogP contribution in [0.3, 0.4) is 0 Å². The highest BCUT2D eigenvalue weighted by atomic mass is 79.9. The molecule has 24 heavy (non-hydrogen) atoms. The first kappa shape index (κ1) is 18.7. The Morgan fingerprint density at radius 1 is 1.29 bits per heavy atom. The van der Waals surface area contributed by atoms with E-state index in [1.54, 1.807) is 6.08 Å². The van der Waals surface area contributed by atoms with Crippen molar-refractivity contribution in [1.82, 2.24) is 4.90 Å². The largest absolute Gasteiger partial charge is 0.458 e. The molecule has 0 unspecified atom stereocenters. The van der Waals surface area contributed by atoms with E-state index in [1.165, 1.54) is 0 Å². The Morgan fingerprint density at radius 2 is 1.96 bits per heavy atom. The molecule has 2 rings (SSSR count). The number of nitrogens with zero attached hydrogens (tertiary/aromatic N) is 1.